The fourth-order valence-corrected chi connectivity index (χ4v) is 4.04. The van der Waals surface area contributed by atoms with E-state index in [2.05, 4.69) is 9.71 Å². The van der Waals surface area contributed by atoms with E-state index in [0.717, 1.165) is 12.8 Å². The van der Waals surface area contributed by atoms with Gasteiger partial charge in [-0.25, -0.2) is 13.2 Å². The summed E-state index contributed by atoms with van der Waals surface area (Å²) in [5, 5.41) is -0.313. The molecule has 102 valence electrons. The largest absolute Gasteiger partial charge is 0.417 e. The van der Waals surface area contributed by atoms with E-state index < -0.39 is 15.8 Å². The van der Waals surface area contributed by atoms with Gasteiger partial charge < -0.3 is 4.42 Å². The number of hydrogen-bond acceptors (Lipinski definition) is 4. The molecule has 1 saturated carbocycles. The second-order valence-corrected chi connectivity index (χ2v) is 6.74. The Morgan fingerprint density at radius 3 is 2.74 bits per heavy atom. The smallest absolute Gasteiger partial charge is 0.408 e. The Hall–Kier alpha value is -1.76. The van der Waals surface area contributed by atoms with E-state index in [4.69, 9.17) is 4.42 Å². The van der Waals surface area contributed by atoms with Crippen LogP contribution in [-0.2, 0) is 10.0 Å². The van der Waals surface area contributed by atoms with Crippen LogP contribution >= 0.6 is 0 Å². The Bertz CT molecular complexity index is 753. The molecular weight excluding hydrogens is 268 g/mol. The molecule has 19 heavy (non-hydrogen) atoms. The molecule has 0 amide bonds. The van der Waals surface area contributed by atoms with Gasteiger partial charge in [0.05, 0.1) is 16.5 Å². The molecule has 0 spiro atoms. The Balaban J connectivity index is 1.90. The van der Waals surface area contributed by atoms with Gasteiger partial charge in [0.1, 0.15) is 0 Å². The van der Waals surface area contributed by atoms with E-state index in [0.29, 0.717) is 29.6 Å². The van der Waals surface area contributed by atoms with E-state index in [9.17, 15) is 13.2 Å². The molecule has 0 bridgehead atoms. The Kier molecular flexibility index (Phi) is 2.85. The van der Waals surface area contributed by atoms with Gasteiger partial charge in [-0.15, -0.1) is 0 Å². The Labute approximate surface area is 109 Å². The highest BCUT2D eigenvalue weighted by molar-refractivity contribution is 7.93. The summed E-state index contributed by atoms with van der Waals surface area (Å²) < 4.78 is 31.7. The van der Waals surface area contributed by atoms with Crippen LogP contribution in [0.5, 0.6) is 0 Å². The normalized spacial score (nSPS) is 17.1. The first-order valence-corrected chi connectivity index (χ1v) is 7.74. The van der Waals surface area contributed by atoms with Crippen molar-refractivity contribution in [1.29, 1.82) is 0 Å². The molecule has 0 saturated heterocycles. The average Bonchev–Trinajstić information content (AvgIpc) is 2.95. The van der Waals surface area contributed by atoms with Crippen molar-refractivity contribution in [1.82, 2.24) is 4.98 Å². The highest BCUT2D eigenvalue weighted by Gasteiger charge is 2.28. The number of fused-ring (bicyclic) bond motifs is 1. The average molecular weight is 282 g/mol. The van der Waals surface area contributed by atoms with Gasteiger partial charge in [0.15, 0.2) is 5.58 Å². The van der Waals surface area contributed by atoms with Crippen LogP contribution in [-0.4, -0.2) is 18.7 Å². The van der Waals surface area contributed by atoms with E-state index >= 15 is 0 Å². The van der Waals surface area contributed by atoms with Crippen LogP contribution in [0.4, 0.5) is 5.69 Å². The van der Waals surface area contributed by atoms with Crippen molar-refractivity contribution in [2.24, 2.45) is 0 Å². The molecule has 0 radical (unpaired) electrons. The van der Waals surface area contributed by atoms with Crippen molar-refractivity contribution < 1.29 is 12.8 Å². The molecule has 0 aliphatic heterocycles. The van der Waals surface area contributed by atoms with Gasteiger partial charge in [0, 0.05) is 0 Å². The molecular formula is C12H14N2O4S. The number of hydrogen-bond donors (Lipinski definition) is 2. The van der Waals surface area contributed by atoms with Gasteiger partial charge in [-0.05, 0) is 31.0 Å². The maximum Gasteiger partial charge on any atom is 0.417 e. The van der Waals surface area contributed by atoms with Crippen molar-refractivity contribution in [3.8, 4) is 0 Å². The SMILES string of the molecule is O=c1[nH]c2cc(NS(=O)(=O)C3CCCC3)ccc2o1. The number of benzene rings is 1. The van der Waals surface area contributed by atoms with E-state index in [1.165, 1.54) is 0 Å². The number of rotatable bonds is 3. The Morgan fingerprint density at radius 2 is 2.00 bits per heavy atom. The molecule has 1 heterocycles. The third-order valence-electron chi connectivity index (χ3n) is 3.42. The first-order chi connectivity index (χ1) is 9.04. The summed E-state index contributed by atoms with van der Waals surface area (Å²) in [6, 6.07) is 4.72. The molecule has 2 aromatic rings. The van der Waals surface area contributed by atoms with Gasteiger partial charge in [0.2, 0.25) is 10.0 Å². The van der Waals surface area contributed by atoms with Crippen molar-refractivity contribution in [2.45, 2.75) is 30.9 Å². The second-order valence-electron chi connectivity index (χ2n) is 4.78. The topological polar surface area (TPSA) is 92.2 Å². The minimum absolute atomic E-state index is 0.313. The second kappa shape index (κ2) is 4.41. The molecule has 1 aliphatic rings. The highest BCUT2D eigenvalue weighted by Crippen LogP contribution is 2.26. The van der Waals surface area contributed by atoms with Crippen molar-refractivity contribution in [3.63, 3.8) is 0 Å². The van der Waals surface area contributed by atoms with Crippen molar-refractivity contribution in [2.75, 3.05) is 4.72 Å². The Morgan fingerprint density at radius 1 is 1.26 bits per heavy atom. The van der Waals surface area contributed by atoms with Gasteiger partial charge in [-0.2, -0.15) is 0 Å². The first-order valence-electron chi connectivity index (χ1n) is 6.19. The number of anilines is 1. The van der Waals surface area contributed by atoms with Crippen LogP contribution in [0, 0.1) is 0 Å². The minimum Gasteiger partial charge on any atom is -0.408 e. The zero-order chi connectivity index (χ0) is 13.5. The monoisotopic (exact) mass is 282 g/mol. The number of sulfonamides is 1. The molecule has 3 rings (SSSR count). The molecule has 0 atom stereocenters. The number of aromatic amines is 1. The van der Waals surface area contributed by atoms with Crippen LogP contribution in [0.2, 0.25) is 0 Å². The predicted octanol–water partition coefficient (Wildman–Crippen LogP) is 1.81. The first kappa shape index (κ1) is 12.3. The maximum atomic E-state index is 12.1. The molecule has 7 heteroatoms. The number of nitrogens with one attached hydrogen (secondary N) is 2. The van der Waals surface area contributed by atoms with Crippen molar-refractivity contribution >= 4 is 26.8 Å². The van der Waals surface area contributed by atoms with Crippen LogP contribution in [0.15, 0.2) is 27.4 Å². The van der Waals surface area contributed by atoms with Crippen LogP contribution in [0.3, 0.4) is 0 Å². The summed E-state index contributed by atoms with van der Waals surface area (Å²) in [7, 11) is -3.35. The number of aromatic nitrogens is 1. The number of H-pyrrole nitrogens is 1. The van der Waals surface area contributed by atoms with Crippen LogP contribution < -0.4 is 10.5 Å². The molecule has 6 nitrogen and oxygen atoms in total. The molecule has 1 fully saturated rings. The fraction of sp³-hybridized carbons (Fsp3) is 0.417. The van der Waals surface area contributed by atoms with Crippen LogP contribution in [0.25, 0.3) is 11.1 Å². The molecule has 0 unspecified atom stereocenters. The van der Waals surface area contributed by atoms with Gasteiger partial charge in [-0.1, -0.05) is 12.8 Å². The lowest BCUT2D eigenvalue weighted by atomic mass is 10.3. The summed E-state index contributed by atoms with van der Waals surface area (Å²) >= 11 is 0. The minimum atomic E-state index is -3.35. The summed E-state index contributed by atoms with van der Waals surface area (Å²) in [5.74, 6) is -0.550. The maximum absolute atomic E-state index is 12.1. The van der Waals surface area contributed by atoms with Gasteiger partial charge in [0.25, 0.3) is 0 Å². The molecule has 1 aromatic heterocycles. The fourth-order valence-electron chi connectivity index (χ4n) is 2.46. The third kappa shape index (κ3) is 2.37. The lowest BCUT2D eigenvalue weighted by Gasteiger charge is -2.13. The predicted molar refractivity (Wildman–Crippen MR) is 71.6 cm³/mol. The zero-order valence-electron chi connectivity index (χ0n) is 10.2. The van der Waals surface area contributed by atoms with E-state index in [1.807, 2.05) is 0 Å². The van der Waals surface area contributed by atoms with E-state index in [1.54, 1.807) is 18.2 Å². The lowest BCUT2D eigenvalue weighted by Crippen LogP contribution is -2.25. The molecule has 1 aliphatic carbocycles. The quantitative estimate of drug-likeness (QED) is 0.898. The molecule has 2 N–H and O–H groups in total. The summed E-state index contributed by atoms with van der Waals surface area (Å²) in [4.78, 5) is 13.5. The van der Waals surface area contributed by atoms with Crippen molar-refractivity contribution in [3.05, 3.63) is 28.7 Å². The van der Waals surface area contributed by atoms with Crippen LogP contribution in [0.1, 0.15) is 25.7 Å². The van der Waals surface area contributed by atoms with E-state index in [-0.39, 0.29) is 5.25 Å². The summed E-state index contributed by atoms with van der Waals surface area (Å²) in [5.41, 5.74) is 1.34. The summed E-state index contributed by atoms with van der Waals surface area (Å²) in [6.07, 6.45) is 3.33. The standard InChI is InChI=1S/C12H14N2O4S/c15-12-13-10-7-8(5-6-11(10)18-12)14-19(16,17)9-3-1-2-4-9/h5-7,9,14H,1-4H2,(H,13,15). The lowest BCUT2D eigenvalue weighted by molar-refractivity contribution is 0.555. The highest BCUT2D eigenvalue weighted by atomic mass is 32.2. The molecule has 1 aromatic carbocycles. The van der Waals surface area contributed by atoms with Gasteiger partial charge >= 0.3 is 5.76 Å². The van der Waals surface area contributed by atoms with Gasteiger partial charge in [-0.3, -0.25) is 9.71 Å². The zero-order valence-corrected chi connectivity index (χ0v) is 11.0. The third-order valence-corrected chi connectivity index (χ3v) is 5.29. The number of oxazole rings is 1. The summed E-state index contributed by atoms with van der Waals surface area (Å²) in [6.45, 7) is 0.